The van der Waals surface area contributed by atoms with Crippen LogP contribution in [0.5, 0.6) is 0 Å². The van der Waals surface area contributed by atoms with Crippen LogP contribution in [-0.2, 0) is 6.54 Å². The number of rotatable bonds is 3. The van der Waals surface area contributed by atoms with Crippen molar-refractivity contribution in [1.29, 1.82) is 0 Å². The first-order valence-corrected chi connectivity index (χ1v) is 7.40. The molecule has 22 heavy (non-hydrogen) atoms. The van der Waals surface area contributed by atoms with Crippen molar-refractivity contribution in [3.63, 3.8) is 0 Å². The minimum atomic E-state index is 0.370. The molecule has 0 amide bonds. The second-order valence-electron chi connectivity index (χ2n) is 5.58. The first-order valence-electron chi connectivity index (χ1n) is 7.40. The lowest BCUT2D eigenvalue weighted by molar-refractivity contribution is 0.798. The van der Waals surface area contributed by atoms with Gasteiger partial charge in [-0.3, -0.25) is 0 Å². The maximum absolute atomic E-state index is 5.87. The Hall–Kier alpha value is -2.46. The molecule has 112 valence electrons. The Kier molecular flexibility index (Phi) is 3.77. The SMILES string of the molecule is Cc1ccc(-n2nnc(CN)c2-c2ccccc2C)cc1C. The van der Waals surface area contributed by atoms with Crippen LogP contribution in [0.4, 0.5) is 0 Å². The maximum atomic E-state index is 5.87. The molecule has 0 bridgehead atoms. The number of benzene rings is 2. The van der Waals surface area contributed by atoms with Gasteiger partial charge in [0, 0.05) is 12.1 Å². The first-order chi connectivity index (χ1) is 10.6. The Morgan fingerprint density at radius 3 is 2.41 bits per heavy atom. The van der Waals surface area contributed by atoms with E-state index >= 15 is 0 Å². The van der Waals surface area contributed by atoms with Crippen LogP contribution in [0.15, 0.2) is 42.5 Å². The lowest BCUT2D eigenvalue weighted by Crippen LogP contribution is -2.04. The van der Waals surface area contributed by atoms with Crippen molar-refractivity contribution < 1.29 is 0 Å². The molecular formula is C18H20N4. The third-order valence-corrected chi connectivity index (χ3v) is 4.07. The highest BCUT2D eigenvalue weighted by molar-refractivity contribution is 5.67. The van der Waals surface area contributed by atoms with Crippen LogP contribution in [0, 0.1) is 20.8 Å². The lowest BCUT2D eigenvalue weighted by Gasteiger charge is -2.11. The van der Waals surface area contributed by atoms with Gasteiger partial charge in [0.05, 0.1) is 11.4 Å². The van der Waals surface area contributed by atoms with Crippen LogP contribution < -0.4 is 5.73 Å². The fourth-order valence-electron chi connectivity index (χ4n) is 2.60. The van der Waals surface area contributed by atoms with Gasteiger partial charge in [0.2, 0.25) is 0 Å². The summed E-state index contributed by atoms with van der Waals surface area (Å²) in [5, 5.41) is 8.60. The van der Waals surface area contributed by atoms with Crippen LogP contribution in [0.25, 0.3) is 16.9 Å². The Morgan fingerprint density at radius 1 is 0.955 bits per heavy atom. The lowest BCUT2D eigenvalue weighted by atomic mass is 10.0. The molecule has 0 atom stereocenters. The van der Waals surface area contributed by atoms with Gasteiger partial charge < -0.3 is 5.73 Å². The molecule has 2 N–H and O–H groups in total. The van der Waals surface area contributed by atoms with E-state index in [-0.39, 0.29) is 0 Å². The molecule has 4 nitrogen and oxygen atoms in total. The third-order valence-electron chi connectivity index (χ3n) is 4.07. The number of hydrogen-bond acceptors (Lipinski definition) is 3. The molecule has 1 heterocycles. The Balaban J connectivity index is 2.24. The predicted molar refractivity (Wildman–Crippen MR) is 88.9 cm³/mol. The zero-order valence-electron chi connectivity index (χ0n) is 13.2. The normalized spacial score (nSPS) is 10.9. The maximum Gasteiger partial charge on any atom is 0.105 e. The molecular weight excluding hydrogens is 272 g/mol. The molecule has 3 aromatic rings. The minimum absolute atomic E-state index is 0.370. The summed E-state index contributed by atoms with van der Waals surface area (Å²) >= 11 is 0. The minimum Gasteiger partial charge on any atom is -0.325 e. The van der Waals surface area contributed by atoms with Gasteiger partial charge in [-0.15, -0.1) is 5.10 Å². The van der Waals surface area contributed by atoms with Gasteiger partial charge in [-0.25, -0.2) is 4.68 Å². The van der Waals surface area contributed by atoms with Gasteiger partial charge >= 0.3 is 0 Å². The van der Waals surface area contributed by atoms with E-state index in [9.17, 15) is 0 Å². The summed E-state index contributed by atoms with van der Waals surface area (Å²) in [4.78, 5) is 0. The van der Waals surface area contributed by atoms with Gasteiger partial charge in [0.25, 0.3) is 0 Å². The van der Waals surface area contributed by atoms with Crippen LogP contribution in [0.3, 0.4) is 0 Å². The molecule has 0 fully saturated rings. The Bertz CT molecular complexity index is 818. The number of nitrogens with zero attached hydrogens (tertiary/aromatic N) is 3. The second-order valence-corrected chi connectivity index (χ2v) is 5.58. The van der Waals surface area contributed by atoms with Gasteiger partial charge in [-0.2, -0.15) is 0 Å². The summed E-state index contributed by atoms with van der Waals surface area (Å²) in [5.41, 5.74) is 13.5. The van der Waals surface area contributed by atoms with E-state index < -0.39 is 0 Å². The molecule has 0 aliphatic heterocycles. The highest BCUT2D eigenvalue weighted by Gasteiger charge is 2.16. The Morgan fingerprint density at radius 2 is 1.73 bits per heavy atom. The monoisotopic (exact) mass is 292 g/mol. The first kappa shape index (κ1) is 14.5. The zero-order chi connectivity index (χ0) is 15.7. The number of hydrogen-bond donors (Lipinski definition) is 1. The van der Waals surface area contributed by atoms with Crippen molar-refractivity contribution in [3.05, 3.63) is 64.8 Å². The predicted octanol–water partition coefficient (Wildman–Crippen LogP) is 3.32. The molecule has 0 aliphatic carbocycles. The van der Waals surface area contributed by atoms with Crippen LogP contribution >= 0.6 is 0 Å². The molecule has 0 spiro atoms. The molecule has 0 unspecified atom stereocenters. The molecule has 0 saturated carbocycles. The largest absolute Gasteiger partial charge is 0.325 e. The Labute approximate surface area is 130 Å². The summed E-state index contributed by atoms with van der Waals surface area (Å²) in [6.45, 7) is 6.67. The van der Waals surface area contributed by atoms with Crippen molar-refractivity contribution in [2.45, 2.75) is 27.3 Å². The highest BCUT2D eigenvalue weighted by Crippen LogP contribution is 2.28. The van der Waals surface area contributed by atoms with E-state index in [0.29, 0.717) is 6.54 Å². The summed E-state index contributed by atoms with van der Waals surface area (Å²) in [6.07, 6.45) is 0. The summed E-state index contributed by atoms with van der Waals surface area (Å²) < 4.78 is 1.89. The van der Waals surface area contributed by atoms with Crippen molar-refractivity contribution >= 4 is 0 Å². The smallest absolute Gasteiger partial charge is 0.105 e. The molecule has 0 saturated heterocycles. The fraction of sp³-hybridized carbons (Fsp3) is 0.222. The molecule has 0 radical (unpaired) electrons. The topological polar surface area (TPSA) is 56.7 Å². The van der Waals surface area contributed by atoms with Crippen LogP contribution in [0.2, 0.25) is 0 Å². The van der Waals surface area contributed by atoms with Gasteiger partial charge in [-0.05, 0) is 49.6 Å². The molecule has 2 aromatic carbocycles. The van der Waals surface area contributed by atoms with Gasteiger partial charge in [0.1, 0.15) is 5.69 Å². The summed E-state index contributed by atoms with van der Waals surface area (Å²) in [6, 6.07) is 14.5. The summed E-state index contributed by atoms with van der Waals surface area (Å²) in [7, 11) is 0. The number of aryl methyl sites for hydroxylation is 3. The average Bonchev–Trinajstić information content (AvgIpc) is 2.94. The van der Waals surface area contributed by atoms with Crippen molar-refractivity contribution in [2.24, 2.45) is 5.73 Å². The zero-order valence-corrected chi connectivity index (χ0v) is 13.2. The fourth-order valence-corrected chi connectivity index (χ4v) is 2.60. The van der Waals surface area contributed by atoms with Gasteiger partial charge in [0.15, 0.2) is 0 Å². The average molecular weight is 292 g/mol. The van der Waals surface area contributed by atoms with E-state index in [0.717, 1.165) is 22.6 Å². The third kappa shape index (κ3) is 2.42. The van der Waals surface area contributed by atoms with E-state index in [1.165, 1.54) is 16.7 Å². The van der Waals surface area contributed by atoms with Crippen molar-refractivity contribution in [3.8, 4) is 16.9 Å². The van der Waals surface area contributed by atoms with Crippen LogP contribution in [-0.4, -0.2) is 15.0 Å². The number of aromatic nitrogens is 3. The van der Waals surface area contributed by atoms with E-state index in [2.05, 4.69) is 61.4 Å². The van der Waals surface area contributed by atoms with Crippen molar-refractivity contribution in [1.82, 2.24) is 15.0 Å². The van der Waals surface area contributed by atoms with E-state index in [4.69, 9.17) is 5.73 Å². The molecule has 0 aliphatic rings. The standard InChI is InChI=1S/C18H20N4/c1-12-8-9-15(10-14(12)3)22-18(17(11-19)20-21-22)16-7-5-4-6-13(16)2/h4-10H,11,19H2,1-3H3. The molecule has 4 heteroatoms. The molecule has 1 aromatic heterocycles. The van der Waals surface area contributed by atoms with E-state index in [1.807, 2.05) is 16.8 Å². The highest BCUT2D eigenvalue weighted by atomic mass is 15.4. The number of nitrogens with two attached hydrogens (primary N) is 1. The summed E-state index contributed by atoms with van der Waals surface area (Å²) in [5.74, 6) is 0. The quantitative estimate of drug-likeness (QED) is 0.805. The van der Waals surface area contributed by atoms with Crippen LogP contribution in [0.1, 0.15) is 22.4 Å². The second kappa shape index (κ2) is 5.73. The van der Waals surface area contributed by atoms with E-state index in [1.54, 1.807) is 0 Å². The van der Waals surface area contributed by atoms with Gasteiger partial charge in [-0.1, -0.05) is 35.5 Å². The molecule has 3 rings (SSSR count). The van der Waals surface area contributed by atoms with Crippen molar-refractivity contribution in [2.75, 3.05) is 0 Å².